The Morgan fingerprint density at radius 1 is 0.600 bits per heavy atom. The minimum atomic E-state index is 0.0681. The Hall–Kier alpha value is -1.31. The highest BCUT2D eigenvalue weighted by molar-refractivity contribution is 5.69. The molecule has 2 nitrogen and oxygen atoms in total. The van der Waals surface area contributed by atoms with Crippen LogP contribution in [-0.2, 0) is 9.53 Å². The highest BCUT2D eigenvalue weighted by atomic mass is 16.5. The van der Waals surface area contributed by atoms with E-state index in [1.54, 1.807) is 5.57 Å². The van der Waals surface area contributed by atoms with E-state index >= 15 is 0 Å². The number of carbonyl (C=O) groups excluding carboxylic acids is 1. The van der Waals surface area contributed by atoms with Crippen molar-refractivity contribution >= 4 is 5.97 Å². The molecule has 0 heterocycles. The summed E-state index contributed by atoms with van der Waals surface area (Å²) in [6.45, 7) is 15.0. The fourth-order valence-corrected chi connectivity index (χ4v) is 14.3. The van der Waals surface area contributed by atoms with Gasteiger partial charge in [-0.05, 0) is 130 Å². The number of hydrogen-bond donors (Lipinski definition) is 0. The first-order valence-corrected chi connectivity index (χ1v) is 29.9. The Balaban J connectivity index is 0.889. The van der Waals surface area contributed by atoms with Gasteiger partial charge in [-0.1, -0.05) is 244 Å². The number of fused-ring (bicyclic) bond motifs is 5. The maximum Gasteiger partial charge on any atom is 0.306 e. The van der Waals surface area contributed by atoms with Crippen LogP contribution in [-0.4, -0.2) is 12.1 Å². The highest BCUT2D eigenvalue weighted by Gasteiger charge is 2.59. The second-order valence-electron chi connectivity index (χ2n) is 24.0. The fraction of sp³-hybridized carbons (Fsp3) is 0.889. The Morgan fingerprint density at radius 3 is 1.66 bits per heavy atom. The minimum absolute atomic E-state index is 0.0681. The molecule has 8 unspecified atom stereocenters. The average Bonchev–Trinajstić information content (AvgIpc) is 3.65. The Kier molecular flexibility index (Phi) is 28.8. The lowest BCUT2D eigenvalue weighted by Gasteiger charge is -2.58. The molecule has 4 aliphatic carbocycles. The van der Waals surface area contributed by atoms with E-state index in [1.807, 2.05) is 0 Å². The molecule has 0 aromatic carbocycles. The smallest absolute Gasteiger partial charge is 0.306 e. The summed E-state index contributed by atoms with van der Waals surface area (Å²) in [6.07, 6.45) is 67.2. The first kappa shape index (κ1) is 56.3. The average molecular weight is 902 g/mol. The maximum absolute atomic E-state index is 13.0. The number of unbranched alkanes of at least 4 members (excludes halogenated alkanes) is 26. The molecule has 2 heteroatoms. The number of hydrogen-bond acceptors (Lipinski definition) is 2. The van der Waals surface area contributed by atoms with E-state index in [0.29, 0.717) is 17.3 Å². The van der Waals surface area contributed by atoms with Crippen LogP contribution in [0.2, 0.25) is 0 Å². The normalized spacial score (nSPS) is 27.0. The largest absolute Gasteiger partial charge is 0.462 e. The van der Waals surface area contributed by atoms with Crippen molar-refractivity contribution in [2.24, 2.45) is 46.3 Å². The molecule has 8 atom stereocenters. The summed E-state index contributed by atoms with van der Waals surface area (Å²) in [7, 11) is 0. The standard InChI is InChI=1S/C63H112O2/c1-7-8-9-10-11-12-13-14-15-16-17-18-19-20-21-22-23-24-25-26-27-28-29-30-31-32-33-34-35-36-37-38-39-43-61(64)65-56-48-50-62(5)55(52-56)44-45-57-59-47-46-58(54(4)42-40-41-53(2)3)63(59,6)51-49-60(57)62/h13-14,16-17,44,53-54,56-60H,7-12,15,18-43,45-52H2,1-6H3/b14-13-,17-16-. The van der Waals surface area contributed by atoms with Gasteiger partial charge in [-0.3, -0.25) is 4.79 Å². The molecule has 0 bridgehead atoms. The Labute approximate surface area is 407 Å². The van der Waals surface area contributed by atoms with Gasteiger partial charge >= 0.3 is 5.97 Å². The maximum atomic E-state index is 13.0. The van der Waals surface area contributed by atoms with Gasteiger partial charge in [0.1, 0.15) is 6.10 Å². The van der Waals surface area contributed by atoms with E-state index in [0.717, 1.165) is 61.2 Å². The van der Waals surface area contributed by atoms with Crippen LogP contribution in [0.1, 0.15) is 305 Å². The van der Waals surface area contributed by atoms with Crippen molar-refractivity contribution < 1.29 is 9.53 Å². The SMILES string of the molecule is CCCCCCC/C=C\C/C=C\CCCCCCCCCCCCCCCCCCCCCCCC(=O)OC1CCC2(C)C(=CCC3C2CCC2(C)C(C(C)CCCC(C)C)CCC32)C1. The van der Waals surface area contributed by atoms with Crippen LogP contribution in [0.5, 0.6) is 0 Å². The number of rotatable bonds is 38. The third-order valence-electron chi connectivity index (χ3n) is 18.4. The predicted molar refractivity (Wildman–Crippen MR) is 285 cm³/mol. The molecular formula is C63H112O2. The molecule has 376 valence electrons. The van der Waals surface area contributed by atoms with Crippen LogP contribution < -0.4 is 0 Å². The molecular weight excluding hydrogens is 789 g/mol. The first-order chi connectivity index (χ1) is 31.7. The molecule has 0 aliphatic heterocycles. The molecule has 0 aromatic rings. The monoisotopic (exact) mass is 901 g/mol. The zero-order chi connectivity index (χ0) is 46.4. The van der Waals surface area contributed by atoms with Gasteiger partial charge in [0.2, 0.25) is 0 Å². The first-order valence-electron chi connectivity index (χ1n) is 29.9. The van der Waals surface area contributed by atoms with Crippen LogP contribution in [0.25, 0.3) is 0 Å². The molecule has 0 spiro atoms. The van der Waals surface area contributed by atoms with Gasteiger partial charge in [0.05, 0.1) is 0 Å². The van der Waals surface area contributed by atoms with Gasteiger partial charge in [0.25, 0.3) is 0 Å². The Bertz CT molecular complexity index is 1310. The fourth-order valence-electron chi connectivity index (χ4n) is 14.3. The summed E-state index contributed by atoms with van der Waals surface area (Å²) in [5, 5.41) is 0. The van der Waals surface area contributed by atoms with E-state index in [4.69, 9.17) is 4.74 Å². The molecule has 65 heavy (non-hydrogen) atoms. The minimum Gasteiger partial charge on any atom is -0.462 e. The van der Waals surface area contributed by atoms with Gasteiger partial charge < -0.3 is 4.74 Å². The van der Waals surface area contributed by atoms with Crippen LogP contribution in [0.4, 0.5) is 0 Å². The van der Waals surface area contributed by atoms with Gasteiger partial charge in [-0.15, -0.1) is 0 Å². The van der Waals surface area contributed by atoms with Crippen molar-refractivity contribution in [3.05, 3.63) is 36.0 Å². The second-order valence-corrected chi connectivity index (χ2v) is 24.0. The predicted octanol–water partition coefficient (Wildman–Crippen LogP) is 20.8. The second kappa shape index (κ2) is 33.3. The summed E-state index contributed by atoms with van der Waals surface area (Å²) in [6, 6.07) is 0. The van der Waals surface area contributed by atoms with Gasteiger partial charge in [0, 0.05) is 12.8 Å². The van der Waals surface area contributed by atoms with Gasteiger partial charge in [-0.2, -0.15) is 0 Å². The summed E-state index contributed by atoms with van der Waals surface area (Å²) in [5.74, 6) is 5.33. The Morgan fingerprint density at radius 2 is 1.12 bits per heavy atom. The van der Waals surface area contributed by atoms with Crippen molar-refractivity contribution in [1.82, 2.24) is 0 Å². The number of carbonyl (C=O) groups is 1. The lowest BCUT2D eigenvalue weighted by Crippen LogP contribution is -2.51. The third-order valence-corrected chi connectivity index (χ3v) is 18.4. The molecule has 4 rings (SSSR count). The quantitative estimate of drug-likeness (QED) is 0.0351. The zero-order valence-corrected chi connectivity index (χ0v) is 44.7. The summed E-state index contributed by atoms with van der Waals surface area (Å²) >= 11 is 0. The molecule has 0 amide bonds. The topological polar surface area (TPSA) is 26.3 Å². The van der Waals surface area contributed by atoms with Crippen LogP contribution in [0.3, 0.4) is 0 Å². The number of allylic oxidation sites excluding steroid dienone is 5. The van der Waals surface area contributed by atoms with E-state index < -0.39 is 0 Å². The number of esters is 1. The van der Waals surface area contributed by atoms with Gasteiger partial charge in [-0.25, -0.2) is 0 Å². The molecule has 0 radical (unpaired) electrons. The third kappa shape index (κ3) is 20.7. The van der Waals surface area contributed by atoms with Crippen LogP contribution >= 0.6 is 0 Å². The molecule has 0 aromatic heterocycles. The molecule has 3 saturated carbocycles. The summed E-state index contributed by atoms with van der Waals surface area (Å²) in [4.78, 5) is 13.0. The number of ether oxygens (including phenoxy) is 1. The van der Waals surface area contributed by atoms with E-state index in [-0.39, 0.29) is 12.1 Å². The van der Waals surface area contributed by atoms with Gasteiger partial charge in [0.15, 0.2) is 0 Å². The molecule has 0 N–H and O–H groups in total. The molecule has 4 aliphatic rings. The van der Waals surface area contributed by atoms with Crippen molar-refractivity contribution in [1.29, 1.82) is 0 Å². The van der Waals surface area contributed by atoms with Crippen molar-refractivity contribution in [3.63, 3.8) is 0 Å². The highest BCUT2D eigenvalue weighted by Crippen LogP contribution is 2.67. The van der Waals surface area contributed by atoms with E-state index in [2.05, 4.69) is 71.9 Å². The van der Waals surface area contributed by atoms with Crippen molar-refractivity contribution in [2.75, 3.05) is 0 Å². The summed E-state index contributed by atoms with van der Waals surface area (Å²) < 4.78 is 6.18. The summed E-state index contributed by atoms with van der Waals surface area (Å²) in [5.41, 5.74) is 2.53. The van der Waals surface area contributed by atoms with E-state index in [9.17, 15) is 4.79 Å². The van der Waals surface area contributed by atoms with Crippen molar-refractivity contribution in [2.45, 2.75) is 311 Å². The lowest BCUT2D eigenvalue weighted by molar-refractivity contribution is -0.151. The van der Waals surface area contributed by atoms with Crippen molar-refractivity contribution in [3.8, 4) is 0 Å². The van der Waals surface area contributed by atoms with E-state index in [1.165, 1.54) is 231 Å². The van der Waals surface area contributed by atoms with Crippen LogP contribution in [0, 0.1) is 46.3 Å². The molecule has 0 saturated heterocycles. The zero-order valence-electron chi connectivity index (χ0n) is 44.7. The molecule has 3 fully saturated rings. The van der Waals surface area contributed by atoms with Crippen LogP contribution in [0.15, 0.2) is 36.0 Å². The lowest BCUT2D eigenvalue weighted by atomic mass is 9.47.